The summed E-state index contributed by atoms with van der Waals surface area (Å²) in [5.41, 5.74) is 4.91. The second-order valence-electron chi connectivity index (χ2n) is 11.4. The van der Waals surface area contributed by atoms with Crippen molar-refractivity contribution in [3.05, 3.63) is 58.8 Å². The molecule has 0 aromatic heterocycles. The number of likely N-dealkylation sites (tertiary alicyclic amines) is 1. The van der Waals surface area contributed by atoms with E-state index in [9.17, 15) is 4.79 Å². The van der Waals surface area contributed by atoms with Crippen molar-refractivity contribution in [2.24, 2.45) is 17.0 Å². The lowest BCUT2D eigenvalue weighted by Gasteiger charge is -2.41. The summed E-state index contributed by atoms with van der Waals surface area (Å²) in [6.45, 7) is 12.1. The van der Waals surface area contributed by atoms with E-state index in [1.807, 2.05) is 12.1 Å². The van der Waals surface area contributed by atoms with Gasteiger partial charge >= 0.3 is 5.97 Å². The summed E-state index contributed by atoms with van der Waals surface area (Å²) in [6, 6.07) is 7.73. The molecule has 1 saturated heterocycles. The Hall–Kier alpha value is -2.31. The molecule has 4 unspecified atom stereocenters. The van der Waals surface area contributed by atoms with Crippen molar-refractivity contribution < 1.29 is 14.7 Å². The summed E-state index contributed by atoms with van der Waals surface area (Å²) in [7, 11) is 0. The number of fused-ring (bicyclic) bond motifs is 1. The van der Waals surface area contributed by atoms with E-state index in [1.165, 1.54) is 11.1 Å². The lowest BCUT2D eigenvalue weighted by atomic mass is 9.76. The van der Waals surface area contributed by atoms with Crippen LogP contribution in [-0.4, -0.2) is 69.3 Å². The zero-order chi connectivity index (χ0) is 25.6. The minimum absolute atomic E-state index is 0.138. The number of rotatable bonds is 6. The highest BCUT2D eigenvalue weighted by molar-refractivity contribution is 6.21. The van der Waals surface area contributed by atoms with Gasteiger partial charge in [-0.05, 0) is 62.6 Å². The molecule has 1 N–H and O–H groups in total. The number of halogens is 1. The van der Waals surface area contributed by atoms with E-state index >= 15 is 0 Å². The number of hydrogen-bond acceptors (Lipinski definition) is 5. The first kappa shape index (κ1) is 25.3. The third-order valence-electron chi connectivity index (χ3n) is 8.63. The predicted octanol–water partition coefficient (Wildman–Crippen LogP) is 5.53. The van der Waals surface area contributed by atoms with Crippen LogP contribution in [0.4, 0.5) is 0 Å². The summed E-state index contributed by atoms with van der Waals surface area (Å²) in [4.78, 5) is 22.2. The number of allylic oxidation sites excluding steroid dienone is 1. The Balaban J connectivity index is 1.17. The van der Waals surface area contributed by atoms with Crippen LogP contribution in [-0.2, 0) is 4.84 Å². The van der Waals surface area contributed by atoms with Crippen molar-refractivity contribution in [3.63, 3.8) is 0 Å². The Morgan fingerprint density at radius 3 is 2.58 bits per heavy atom. The standard InChI is InChI=1S/C29H38ClN3O3/c1-18(2)33-17-23(25-19(3)15-20(4)26(30)27(25)33)9-12-32-13-10-29(11-14-32)16-24(31-36-29)21-5-7-22(8-6-21)28(34)35/h5-8,15,17-18,20,25-27H,9-14,16H2,1-4H3,(H,34,35). The van der Waals surface area contributed by atoms with E-state index in [2.05, 4.69) is 54.9 Å². The van der Waals surface area contributed by atoms with Gasteiger partial charge in [0, 0.05) is 50.9 Å². The Labute approximate surface area is 219 Å². The van der Waals surface area contributed by atoms with E-state index in [0.29, 0.717) is 23.9 Å². The molecule has 4 aliphatic rings. The molecule has 7 heteroatoms. The summed E-state index contributed by atoms with van der Waals surface area (Å²) < 4.78 is 0. The number of alkyl halides is 1. The molecule has 1 fully saturated rings. The highest BCUT2D eigenvalue weighted by atomic mass is 35.5. The molecule has 0 radical (unpaired) electrons. The highest BCUT2D eigenvalue weighted by Crippen LogP contribution is 2.45. The van der Waals surface area contributed by atoms with Gasteiger partial charge in [0.05, 0.1) is 22.7 Å². The zero-order valence-electron chi connectivity index (χ0n) is 21.8. The van der Waals surface area contributed by atoms with Gasteiger partial charge in [0.15, 0.2) is 0 Å². The molecule has 0 amide bonds. The normalized spacial score (nSPS) is 29.6. The summed E-state index contributed by atoms with van der Waals surface area (Å²) in [5.74, 6) is -0.0831. The monoisotopic (exact) mass is 511 g/mol. The maximum Gasteiger partial charge on any atom is 0.335 e. The van der Waals surface area contributed by atoms with Gasteiger partial charge in [0.2, 0.25) is 0 Å². The van der Waals surface area contributed by atoms with Crippen molar-refractivity contribution >= 4 is 23.3 Å². The molecule has 36 heavy (non-hydrogen) atoms. The number of benzene rings is 1. The second kappa shape index (κ2) is 9.86. The number of carboxylic acids is 1. The Bertz CT molecular complexity index is 1090. The van der Waals surface area contributed by atoms with Gasteiger partial charge in [-0.2, -0.15) is 0 Å². The van der Waals surface area contributed by atoms with Crippen molar-refractivity contribution in [1.82, 2.24) is 9.80 Å². The average molecular weight is 512 g/mol. The molecule has 3 aliphatic heterocycles. The fraction of sp³-hybridized carbons (Fsp3) is 0.586. The van der Waals surface area contributed by atoms with Crippen LogP contribution in [0.3, 0.4) is 0 Å². The molecule has 5 rings (SSSR count). The number of oxime groups is 1. The third kappa shape index (κ3) is 4.70. The van der Waals surface area contributed by atoms with Crippen LogP contribution in [0.2, 0.25) is 0 Å². The molecule has 1 spiro atoms. The SMILES string of the molecule is CC1=CC(C)C(Cl)C2C1C(CCN1CCC3(CC1)CC(c1ccc(C(=O)O)cc1)=NO3)=CN2C(C)C. The van der Waals surface area contributed by atoms with E-state index in [4.69, 9.17) is 21.5 Å². The van der Waals surface area contributed by atoms with Gasteiger partial charge in [-0.25, -0.2) is 4.79 Å². The van der Waals surface area contributed by atoms with E-state index in [0.717, 1.165) is 56.6 Å². The fourth-order valence-corrected chi connectivity index (χ4v) is 6.86. The van der Waals surface area contributed by atoms with Crippen molar-refractivity contribution in [2.45, 2.75) is 76.4 Å². The van der Waals surface area contributed by atoms with E-state index < -0.39 is 5.97 Å². The van der Waals surface area contributed by atoms with Crippen LogP contribution in [0.25, 0.3) is 0 Å². The number of nitrogens with zero attached hydrogens (tertiary/aromatic N) is 3. The van der Waals surface area contributed by atoms with Crippen LogP contribution >= 0.6 is 11.6 Å². The fourth-order valence-electron chi connectivity index (χ4n) is 6.52. The molecule has 0 saturated carbocycles. The number of piperidine rings is 1. The first-order valence-electron chi connectivity index (χ1n) is 13.3. The van der Waals surface area contributed by atoms with Gasteiger partial charge in [0.1, 0.15) is 5.60 Å². The van der Waals surface area contributed by atoms with E-state index in [-0.39, 0.29) is 16.5 Å². The predicted molar refractivity (Wildman–Crippen MR) is 144 cm³/mol. The van der Waals surface area contributed by atoms with Gasteiger partial charge in [0.25, 0.3) is 0 Å². The lowest BCUT2D eigenvalue weighted by molar-refractivity contribution is -0.0612. The van der Waals surface area contributed by atoms with Gasteiger partial charge in [-0.1, -0.05) is 35.9 Å². The number of carbonyl (C=O) groups is 1. The van der Waals surface area contributed by atoms with Gasteiger partial charge in [-0.3, -0.25) is 0 Å². The molecule has 3 heterocycles. The maximum atomic E-state index is 11.1. The van der Waals surface area contributed by atoms with Gasteiger partial charge < -0.3 is 19.7 Å². The lowest BCUT2D eigenvalue weighted by Crippen LogP contribution is -2.47. The number of aromatic carboxylic acids is 1. The van der Waals surface area contributed by atoms with Gasteiger partial charge in [-0.15, -0.1) is 11.6 Å². The van der Waals surface area contributed by atoms with Crippen LogP contribution in [0, 0.1) is 11.8 Å². The number of hydrogen-bond donors (Lipinski definition) is 1. The summed E-state index contributed by atoms with van der Waals surface area (Å²) in [5, 5.41) is 13.7. The summed E-state index contributed by atoms with van der Waals surface area (Å²) in [6.07, 6.45) is 8.55. The largest absolute Gasteiger partial charge is 0.478 e. The Morgan fingerprint density at radius 1 is 1.25 bits per heavy atom. The first-order valence-corrected chi connectivity index (χ1v) is 13.7. The smallest absolute Gasteiger partial charge is 0.335 e. The first-order chi connectivity index (χ1) is 17.2. The minimum Gasteiger partial charge on any atom is -0.478 e. The highest BCUT2D eigenvalue weighted by Gasteiger charge is 2.46. The molecular formula is C29H38ClN3O3. The Morgan fingerprint density at radius 2 is 1.94 bits per heavy atom. The van der Waals surface area contributed by atoms with Crippen LogP contribution < -0.4 is 0 Å². The van der Waals surface area contributed by atoms with Crippen LogP contribution in [0.1, 0.15) is 69.3 Å². The zero-order valence-corrected chi connectivity index (χ0v) is 22.5. The quantitative estimate of drug-likeness (QED) is 0.402. The van der Waals surface area contributed by atoms with Crippen LogP contribution in [0.5, 0.6) is 0 Å². The molecule has 194 valence electrons. The van der Waals surface area contributed by atoms with E-state index in [1.54, 1.807) is 12.1 Å². The topological polar surface area (TPSA) is 65.4 Å². The molecule has 1 aromatic carbocycles. The van der Waals surface area contributed by atoms with Crippen molar-refractivity contribution in [3.8, 4) is 0 Å². The molecule has 1 aromatic rings. The maximum absolute atomic E-state index is 11.1. The number of carboxylic acid groups (broad SMARTS) is 1. The molecule has 4 atom stereocenters. The molecule has 6 nitrogen and oxygen atoms in total. The second-order valence-corrected chi connectivity index (χ2v) is 11.9. The molecular weight excluding hydrogens is 474 g/mol. The molecule has 1 aliphatic carbocycles. The minimum atomic E-state index is -0.914. The Kier molecular flexibility index (Phi) is 6.94. The third-order valence-corrected chi connectivity index (χ3v) is 9.29. The van der Waals surface area contributed by atoms with Crippen molar-refractivity contribution in [2.75, 3.05) is 19.6 Å². The average Bonchev–Trinajstić information content (AvgIpc) is 3.45. The van der Waals surface area contributed by atoms with Crippen molar-refractivity contribution in [1.29, 1.82) is 0 Å². The molecule has 0 bridgehead atoms. The van der Waals surface area contributed by atoms with Crippen LogP contribution in [0.15, 0.2) is 52.8 Å². The summed E-state index contributed by atoms with van der Waals surface area (Å²) >= 11 is 6.95.